The highest BCUT2D eigenvalue weighted by molar-refractivity contribution is 5.88. The zero-order valence-corrected chi connectivity index (χ0v) is 17.5. The summed E-state index contributed by atoms with van der Waals surface area (Å²) in [5.74, 6) is -0.432. The molecule has 1 fully saturated rings. The number of aliphatic hydroxyl groups is 1. The van der Waals surface area contributed by atoms with Crippen molar-refractivity contribution < 1.29 is 28.4 Å². The third-order valence-electron chi connectivity index (χ3n) is 5.07. The van der Waals surface area contributed by atoms with Crippen molar-refractivity contribution in [2.45, 2.75) is 31.8 Å². The number of carbonyl (C=O) groups excluding carboxylic acids is 1. The van der Waals surface area contributed by atoms with E-state index in [-0.39, 0.29) is 42.8 Å². The van der Waals surface area contributed by atoms with Gasteiger partial charge in [0.1, 0.15) is 12.1 Å². The number of hydrogen-bond donors (Lipinski definition) is 1. The number of hydrogen-bond acceptors (Lipinski definition) is 4. The van der Waals surface area contributed by atoms with E-state index in [4.69, 9.17) is 9.47 Å². The molecular formula is C22H34N2O4+2. The Kier molecular flexibility index (Phi) is 7.52. The Bertz CT molecular complexity index is 698. The minimum Gasteiger partial charge on any atom is -0.453 e. The summed E-state index contributed by atoms with van der Waals surface area (Å²) in [4.78, 5) is 12.7. The summed E-state index contributed by atoms with van der Waals surface area (Å²) in [6.45, 7) is 10.4. The fourth-order valence-electron chi connectivity index (χ4n) is 3.67. The summed E-state index contributed by atoms with van der Waals surface area (Å²) >= 11 is 0. The van der Waals surface area contributed by atoms with Crippen molar-refractivity contribution in [1.29, 1.82) is 0 Å². The summed E-state index contributed by atoms with van der Waals surface area (Å²) in [6, 6.07) is 3.54. The first-order valence-corrected chi connectivity index (χ1v) is 9.77. The standard InChI is InChI=1S/C22H34N2O4/c1-7-17(14-24(4,5)6)27-22(26)16-11-10-12-23(13-16)21-19(9-3)18(8-2)20(15-25)28-21/h8-13,17-21,25H,2-3,7,14-15H2,1,4-6H3/q+2/t17-,18+,19-,20-,21-/m1/s1. The van der Waals surface area contributed by atoms with E-state index in [1.54, 1.807) is 24.4 Å². The second-order valence-corrected chi connectivity index (χ2v) is 8.32. The van der Waals surface area contributed by atoms with Gasteiger partial charge < -0.3 is 19.1 Å². The van der Waals surface area contributed by atoms with Gasteiger partial charge in [-0.15, -0.1) is 13.2 Å². The van der Waals surface area contributed by atoms with E-state index in [0.29, 0.717) is 5.56 Å². The Hall–Kier alpha value is -2.02. The van der Waals surface area contributed by atoms with Crippen LogP contribution in [0.15, 0.2) is 49.8 Å². The van der Waals surface area contributed by atoms with E-state index in [2.05, 4.69) is 34.3 Å². The van der Waals surface area contributed by atoms with Crippen molar-refractivity contribution in [3.8, 4) is 0 Å². The number of aliphatic hydroxyl groups excluding tert-OH is 1. The lowest BCUT2D eigenvalue weighted by atomic mass is 9.89. The van der Waals surface area contributed by atoms with Crippen molar-refractivity contribution in [2.24, 2.45) is 11.8 Å². The van der Waals surface area contributed by atoms with Gasteiger partial charge in [0, 0.05) is 12.0 Å². The Morgan fingerprint density at radius 2 is 2.04 bits per heavy atom. The maximum Gasteiger partial charge on any atom is 0.344 e. The van der Waals surface area contributed by atoms with Gasteiger partial charge in [-0.05, 0) is 12.5 Å². The molecule has 0 amide bonds. The molecule has 1 aromatic heterocycles. The highest BCUT2D eigenvalue weighted by Crippen LogP contribution is 2.37. The normalized spacial score (nSPS) is 25.9. The van der Waals surface area contributed by atoms with Crippen molar-refractivity contribution >= 4 is 5.97 Å². The molecule has 0 radical (unpaired) electrons. The predicted octanol–water partition coefficient (Wildman–Crippen LogP) is 2.11. The molecule has 6 nitrogen and oxygen atoms in total. The fraction of sp³-hybridized carbons (Fsp3) is 0.545. The third kappa shape index (κ3) is 5.28. The van der Waals surface area contributed by atoms with Crippen LogP contribution in [0.2, 0.25) is 0 Å². The van der Waals surface area contributed by atoms with Crippen molar-refractivity contribution in [1.82, 2.24) is 0 Å². The molecule has 0 aliphatic carbocycles. The first kappa shape index (κ1) is 22.3. The van der Waals surface area contributed by atoms with E-state index in [9.17, 15) is 9.90 Å². The van der Waals surface area contributed by atoms with Gasteiger partial charge in [0.05, 0.1) is 39.8 Å². The number of quaternary nitrogens is 1. The molecule has 154 valence electrons. The second-order valence-electron chi connectivity index (χ2n) is 8.32. The first-order chi connectivity index (χ1) is 13.2. The lowest BCUT2D eigenvalue weighted by Gasteiger charge is -2.28. The van der Waals surface area contributed by atoms with Crippen molar-refractivity contribution in [3.63, 3.8) is 0 Å². The van der Waals surface area contributed by atoms with Crippen molar-refractivity contribution in [3.05, 3.63) is 55.4 Å². The third-order valence-corrected chi connectivity index (χ3v) is 5.07. The first-order valence-electron chi connectivity index (χ1n) is 9.77. The largest absolute Gasteiger partial charge is 0.453 e. The Labute approximate surface area is 168 Å². The van der Waals surface area contributed by atoms with Crippen LogP contribution < -0.4 is 4.57 Å². The monoisotopic (exact) mass is 390 g/mol. The molecule has 0 aromatic carbocycles. The number of esters is 1. The SMILES string of the molecule is C=C[C@@H]1[C@H](C=C)[C@@H](CO)O[C@H]1[n+]1cccc(C(=O)O[C@H](CC)C[N+](C)(C)C)c1. The summed E-state index contributed by atoms with van der Waals surface area (Å²) in [5, 5.41) is 9.62. The molecule has 28 heavy (non-hydrogen) atoms. The lowest BCUT2D eigenvalue weighted by molar-refractivity contribution is -0.873. The number of likely N-dealkylation sites (N-methyl/N-ethyl adjacent to an activating group) is 1. The van der Waals surface area contributed by atoms with Gasteiger partial charge in [0.2, 0.25) is 0 Å². The van der Waals surface area contributed by atoms with Gasteiger partial charge >= 0.3 is 5.97 Å². The van der Waals surface area contributed by atoms with Crippen LogP contribution in [0, 0.1) is 11.8 Å². The molecule has 2 rings (SSSR count). The number of aromatic nitrogens is 1. The van der Waals surface area contributed by atoms with Gasteiger partial charge in [0.25, 0.3) is 6.23 Å². The molecule has 1 aromatic rings. The average Bonchev–Trinajstić information content (AvgIpc) is 3.04. The smallest absolute Gasteiger partial charge is 0.344 e. The number of rotatable bonds is 9. The fourth-order valence-corrected chi connectivity index (χ4v) is 3.67. The number of ether oxygens (including phenoxy) is 2. The molecule has 2 heterocycles. The van der Waals surface area contributed by atoms with Crippen molar-refractivity contribution in [2.75, 3.05) is 34.3 Å². The maximum atomic E-state index is 12.7. The zero-order valence-electron chi connectivity index (χ0n) is 17.5. The van der Waals surface area contributed by atoms with Crippen LogP contribution in [0.3, 0.4) is 0 Å². The maximum absolute atomic E-state index is 12.7. The van der Waals surface area contributed by atoms with E-state index in [1.165, 1.54) is 0 Å². The highest BCUT2D eigenvalue weighted by Gasteiger charge is 2.46. The predicted molar refractivity (Wildman–Crippen MR) is 107 cm³/mol. The topological polar surface area (TPSA) is 59.6 Å². The summed E-state index contributed by atoms with van der Waals surface area (Å²) in [5.41, 5.74) is 0.469. The highest BCUT2D eigenvalue weighted by atomic mass is 16.5. The Balaban J connectivity index is 2.20. The van der Waals surface area contributed by atoms with Crippen LogP contribution in [-0.4, -0.2) is 62.1 Å². The molecule has 1 aliphatic rings. The molecular weight excluding hydrogens is 356 g/mol. The molecule has 0 spiro atoms. The van der Waals surface area contributed by atoms with Crippen LogP contribution in [-0.2, 0) is 9.47 Å². The summed E-state index contributed by atoms with van der Waals surface area (Å²) in [7, 11) is 6.23. The number of nitrogens with zero attached hydrogens (tertiary/aromatic N) is 2. The molecule has 5 atom stereocenters. The van der Waals surface area contributed by atoms with Gasteiger partial charge in [-0.1, -0.05) is 19.1 Å². The molecule has 6 heteroatoms. The van der Waals surface area contributed by atoms with Crippen LogP contribution in [0.4, 0.5) is 0 Å². The lowest BCUT2D eigenvalue weighted by Crippen LogP contribution is -2.44. The summed E-state index contributed by atoms with van der Waals surface area (Å²) < 4.78 is 14.3. The summed E-state index contributed by atoms with van der Waals surface area (Å²) in [6.07, 6.45) is 7.11. The molecule has 0 saturated carbocycles. The Morgan fingerprint density at radius 3 is 2.57 bits per heavy atom. The molecule has 1 saturated heterocycles. The van der Waals surface area contributed by atoms with Gasteiger partial charge in [-0.2, -0.15) is 4.57 Å². The minimum absolute atomic E-state index is 0.0374. The van der Waals surface area contributed by atoms with Crippen LogP contribution in [0.5, 0.6) is 0 Å². The molecule has 0 unspecified atom stereocenters. The quantitative estimate of drug-likeness (QED) is 0.304. The average molecular weight is 391 g/mol. The van der Waals surface area contributed by atoms with E-state index in [0.717, 1.165) is 17.4 Å². The van der Waals surface area contributed by atoms with Crippen LogP contribution >= 0.6 is 0 Å². The minimum atomic E-state index is -0.362. The van der Waals surface area contributed by atoms with Crippen LogP contribution in [0.1, 0.15) is 29.9 Å². The van der Waals surface area contributed by atoms with Crippen LogP contribution in [0.25, 0.3) is 0 Å². The van der Waals surface area contributed by atoms with Gasteiger partial charge in [0.15, 0.2) is 18.5 Å². The van der Waals surface area contributed by atoms with E-state index < -0.39 is 0 Å². The molecule has 0 bridgehead atoms. The van der Waals surface area contributed by atoms with Gasteiger partial charge in [-0.3, -0.25) is 0 Å². The molecule has 1 aliphatic heterocycles. The van der Waals surface area contributed by atoms with E-state index in [1.807, 2.05) is 23.8 Å². The zero-order chi connectivity index (χ0) is 20.9. The molecule has 1 N–H and O–H groups in total. The number of pyridine rings is 1. The second kappa shape index (κ2) is 9.45. The Morgan fingerprint density at radius 1 is 1.36 bits per heavy atom. The van der Waals surface area contributed by atoms with Gasteiger partial charge in [-0.25, -0.2) is 4.79 Å². The van der Waals surface area contributed by atoms with E-state index >= 15 is 0 Å². The number of carbonyl (C=O) groups is 1.